The Kier molecular flexibility index (Phi) is 15.3. The Bertz CT molecular complexity index is 2470. The van der Waals surface area contributed by atoms with Crippen molar-refractivity contribution in [2.24, 2.45) is 5.10 Å². The number of ether oxygens (including phenoxy) is 3. The van der Waals surface area contributed by atoms with Gasteiger partial charge in [0, 0.05) is 32.3 Å². The summed E-state index contributed by atoms with van der Waals surface area (Å²) >= 11 is 0. The summed E-state index contributed by atoms with van der Waals surface area (Å²) in [6.45, 7) is 4.25. The van der Waals surface area contributed by atoms with Gasteiger partial charge in [-0.2, -0.15) is 5.10 Å². The molecule has 0 atom stereocenters. The molecule has 16 nitrogen and oxygen atoms in total. The molecule has 0 saturated carbocycles. The standard InChI is InChI=1S/C30H26N2O14S3.3Na/c1-30(2,3)46-29(34)45-17-6-4-16(5-7-17)14-31-32-26(33)15-44-22-12-23(47(35,36)37)19-10-11-21-25(49(41,42)43)13-24(48(38,39)40)20-9-8-18(22)27(19)28(20)21;;;/h4-14H,15H2,1-3H3,(H,32,33)(H,35,36,37)(H,38,39,40)(H,41,42,43);;;/q;3*+1/p-3/b31-14-;;;. The summed E-state index contributed by atoms with van der Waals surface area (Å²) in [4.78, 5) is 21.4. The third kappa shape index (κ3) is 10.6. The van der Waals surface area contributed by atoms with Crippen LogP contribution in [0.25, 0.3) is 32.3 Å². The largest absolute Gasteiger partial charge is 1.00 e. The monoisotopic (exact) mass is 800 g/mol. The van der Waals surface area contributed by atoms with Gasteiger partial charge < -0.3 is 27.9 Å². The molecule has 258 valence electrons. The number of nitrogens with zero attached hydrogens (tertiary/aromatic N) is 1. The number of nitrogens with one attached hydrogen (secondary N) is 1. The summed E-state index contributed by atoms with van der Waals surface area (Å²) in [5.74, 6) is -1.02. The molecule has 5 aromatic carbocycles. The van der Waals surface area contributed by atoms with Crippen LogP contribution >= 0.6 is 0 Å². The summed E-state index contributed by atoms with van der Waals surface area (Å²) in [6, 6.07) is 11.6. The van der Waals surface area contributed by atoms with Crippen molar-refractivity contribution >= 4 is 80.9 Å². The number of rotatable bonds is 9. The van der Waals surface area contributed by atoms with E-state index in [0.29, 0.717) is 11.6 Å². The normalized spacial score (nSPS) is 12.2. The predicted molar refractivity (Wildman–Crippen MR) is 169 cm³/mol. The molecule has 0 spiro atoms. The maximum Gasteiger partial charge on any atom is 1.00 e. The Morgan fingerprint density at radius 1 is 0.712 bits per heavy atom. The molecule has 0 aliphatic heterocycles. The van der Waals surface area contributed by atoms with E-state index in [1.165, 1.54) is 36.5 Å². The number of benzene rings is 5. The maximum absolute atomic E-state index is 12.6. The first-order chi connectivity index (χ1) is 22.6. The molecular formula is C30H23N2Na3O14S3. The van der Waals surface area contributed by atoms with E-state index in [1.807, 2.05) is 0 Å². The average Bonchev–Trinajstić information content (AvgIpc) is 2.96. The van der Waals surface area contributed by atoms with Crippen molar-refractivity contribution in [1.82, 2.24) is 5.43 Å². The van der Waals surface area contributed by atoms with E-state index in [9.17, 15) is 48.5 Å². The van der Waals surface area contributed by atoms with Crippen LogP contribution in [0.2, 0.25) is 0 Å². The van der Waals surface area contributed by atoms with E-state index in [-0.39, 0.29) is 132 Å². The Morgan fingerprint density at radius 3 is 1.62 bits per heavy atom. The van der Waals surface area contributed by atoms with Crippen LogP contribution in [0, 0.1) is 0 Å². The Balaban J connectivity index is 0.00000312. The van der Waals surface area contributed by atoms with Crippen molar-refractivity contribution in [1.29, 1.82) is 0 Å². The fourth-order valence-corrected chi connectivity index (χ4v) is 7.12. The first-order valence-electron chi connectivity index (χ1n) is 13.8. The molecule has 1 N–H and O–H groups in total. The van der Waals surface area contributed by atoms with Crippen molar-refractivity contribution in [2.75, 3.05) is 6.61 Å². The van der Waals surface area contributed by atoms with Crippen LogP contribution in [0.1, 0.15) is 26.3 Å². The minimum atomic E-state index is -5.38. The van der Waals surface area contributed by atoms with Crippen LogP contribution in [0.4, 0.5) is 4.79 Å². The van der Waals surface area contributed by atoms with Gasteiger partial charge in [0.15, 0.2) is 6.61 Å². The van der Waals surface area contributed by atoms with E-state index >= 15 is 0 Å². The van der Waals surface area contributed by atoms with Gasteiger partial charge in [-0.05, 0) is 68.8 Å². The molecular weight excluding hydrogens is 778 g/mol. The molecule has 5 aromatic rings. The molecule has 0 bridgehead atoms. The molecule has 0 saturated heterocycles. The number of hydrogen-bond donors (Lipinski definition) is 1. The summed E-state index contributed by atoms with van der Waals surface area (Å²) in [6.07, 6.45) is 0.350. The summed E-state index contributed by atoms with van der Waals surface area (Å²) in [5.41, 5.74) is 1.92. The molecule has 0 fully saturated rings. The second-order valence-electron chi connectivity index (χ2n) is 11.4. The Labute approximate surface area is 364 Å². The summed E-state index contributed by atoms with van der Waals surface area (Å²) in [5, 5.41) is 2.26. The quantitative estimate of drug-likeness (QED) is 0.0277. The first-order valence-corrected chi connectivity index (χ1v) is 18.0. The minimum absolute atomic E-state index is 0. The molecule has 1 amide bonds. The van der Waals surface area contributed by atoms with Gasteiger partial charge in [-0.3, -0.25) is 4.79 Å². The molecule has 0 radical (unpaired) electrons. The van der Waals surface area contributed by atoms with Gasteiger partial charge in [-0.25, -0.2) is 35.5 Å². The predicted octanol–water partition coefficient (Wildman–Crippen LogP) is -5.85. The number of carbonyl (C=O) groups excluding carboxylic acids is 2. The van der Waals surface area contributed by atoms with Gasteiger partial charge in [-0.15, -0.1) is 0 Å². The Hall–Kier alpha value is -1.92. The van der Waals surface area contributed by atoms with Crippen LogP contribution in [0.5, 0.6) is 11.5 Å². The Morgan fingerprint density at radius 2 is 1.15 bits per heavy atom. The first kappa shape index (κ1) is 46.2. The molecule has 0 heterocycles. The molecule has 0 unspecified atom stereocenters. The van der Waals surface area contributed by atoms with Gasteiger partial charge in [-0.1, -0.05) is 18.2 Å². The zero-order valence-electron chi connectivity index (χ0n) is 28.4. The SMILES string of the molecule is CC(C)(C)OC(=O)Oc1ccc(/C=N\NC(=O)COc2cc(S(=O)(=O)[O-])c3ccc4c(S(=O)(=O)[O-])cc(S(=O)(=O)[O-])c5ccc2c3c54)cc1.[Na+].[Na+].[Na+]. The number of amides is 1. The molecule has 0 aromatic heterocycles. The fraction of sp³-hybridized carbons (Fsp3) is 0.167. The van der Waals surface area contributed by atoms with Gasteiger partial charge in [0.25, 0.3) is 5.91 Å². The van der Waals surface area contributed by atoms with E-state index in [1.54, 1.807) is 20.8 Å². The number of hydrazone groups is 1. The van der Waals surface area contributed by atoms with Crippen LogP contribution < -0.4 is 104 Å². The van der Waals surface area contributed by atoms with Crippen LogP contribution in [-0.4, -0.2) is 69.4 Å². The smallest absolute Gasteiger partial charge is 0.744 e. The molecule has 0 aliphatic rings. The molecule has 5 rings (SSSR count). The van der Waals surface area contributed by atoms with Crippen molar-refractivity contribution in [3.8, 4) is 11.5 Å². The zero-order valence-corrected chi connectivity index (χ0v) is 36.9. The second kappa shape index (κ2) is 17.3. The van der Waals surface area contributed by atoms with Crippen molar-refractivity contribution in [2.45, 2.75) is 41.1 Å². The van der Waals surface area contributed by atoms with Gasteiger partial charge in [0.05, 0.1) is 20.9 Å². The van der Waals surface area contributed by atoms with Crippen LogP contribution in [-0.2, 0) is 39.9 Å². The van der Waals surface area contributed by atoms with E-state index in [4.69, 9.17) is 14.2 Å². The average molecular weight is 801 g/mol. The summed E-state index contributed by atoms with van der Waals surface area (Å²) < 4.78 is 125. The van der Waals surface area contributed by atoms with E-state index < -0.39 is 69.3 Å². The molecule has 0 aliphatic carbocycles. The third-order valence-electron chi connectivity index (χ3n) is 6.79. The zero-order chi connectivity index (χ0) is 36.1. The van der Waals surface area contributed by atoms with Crippen molar-refractivity contribution in [3.63, 3.8) is 0 Å². The topological polar surface area (TPSA) is 258 Å². The van der Waals surface area contributed by atoms with E-state index in [2.05, 4.69) is 10.5 Å². The van der Waals surface area contributed by atoms with Gasteiger partial charge in [0.1, 0.15) is 47.5 Å². The molecule has 52 heavy (non-hydrogen) atoms. The van der Waals surface area contributed by atoms with Crippen molar-refractivity contribution in [3.05, 3.63) is 66.2 Å². The van der Waals surface area contributed by atoms with Gasteiger partial charge in [0.2, 0.25) is 0 Å². The number of hydrogen-bond acceptors (Lipinski definition) is 15. The fourth-order valence-electron chi connectivity index (χ4n) is 4.95. The molecule has 22 heteroatoms. The second-order valence-corrected chi connectivity index (χ2v) is 15.4. The maximum atomic E-state index is 12.6. The number of carbonyl (C=O) groups is 2. The van der Waals surface area contributed by atoms with Crippen LogP contribution in [0.15, 0.2) is 80.5 Å². The summed E-state index contributed by atoms with van der Waals surface area (Å²) in [7, 11) is -16.0. The minimum Gasteiger partial charge on any atom is -0.744 e. The van der Waals surface area contributed by atoms with Crippen LogP contribution in [0.3, 0.4) is 0 Å². The van der Waals surface area contributed by atoms with Crippen molar-refractivity contribution < 1.29 is 151 Å². The van der Waals surface area contributed by atoms with E-state index in [0.717, 1.165) is 24.3 Å². The third-order valence-corrected chi connectivity index (χ3v) is 9.42. The van der Waals surface area contributed by atoms with Gasteiger partial charge >= 0.3 is 94.8 Å².